The van der Waals surface area contributed by atoms with E-state index in [1.54, 1.807) is 47.4 Å². The van der Waals surface area contributed by atoms with Gasteiger partial charge in [-0.1, -0.05) is 29.8 Å². The van der Waals surface area contributed by atoms with E-state index in [1.165, 1.54) is 29.1 Å². The van der Waals surface area contributed by atoms with Gasteiger partial charge in [0.25, 0.3) is 11.8 Å². The summed E-state index contributed by atoms with van der Waals surface area (Å²) in [5, 5.41) is 0.524. The molecule has 8 nitrogen and oxygen atoms in total. The number of benzene rings is 2. The van der Waals surface area contributed by atoms with Gasteiger partial charge in [0.15, 0.2) is 0 Å². The van der Waals surface area contributed by atoms with Gasteiger partial charge in [-0.25, -0.2) is 14.4 Å². The highest BCUT2D eigenvalue weighted by Crippen LogP contribution is 2.47. The van der Waals surface area contributed by atoms with Gasteiger partial charge in [-0.3, -0.25) is 14.0 Å². The van der Waals surface area contributed by atoms with Crippen molar-refractivity contribution in [3.8, 4) is 11.6 Å². The van der Waals surface area contributed by atoms with Crippen molar-refractivity contribution in [2.75, 3.05) is 24.5 Å². The molecule has 3 aromatic heterocycles. The smallest absolute Gasteiger partial charge is 0.276 e. The number of hydrogen-bond donors (Lipinski definition) is 0. The molecular weight excluding hydrogens is 557 g/mol. The number of pyridine rings is 2. The Hall–Kier alpha value is -4.76. The summed E-state index contributed by atoms with van der Waals surface area (Å²) in [5.74, 6) is 0.267. The Balaban J connectivity index is 1.07. The van der Waals surface area contributed by atoms with E-state index in [0.29, 0.717) is 66.0 Å². The number of fused-ring (bicyclic) bond motifs is 3. The molecule has 0 N–H and O–H groups in total. The number of anilines is 1. The van der Waals surface area contributed by atoms with Crippen LogP contribution < -0.4 is 9.64 Å². The fourth-order valence-corrected chi connectivity index (χ4v) is 6.13. The number of ether oxygens (including phenoxy) is 1. The summed E-state index contributed by atoms with van der Waals surface area (Å²) >= 11 is 5.88. The van der Waals surface area contributed by atoms with Gasteiger partial charge in [0, 0.05) is 54.8 Å². The summed E-state index contributed by atoms with van der Waals surface area (Å²) in [6, 6.07) is 21.2. The molecule has 2 amide bonds. The molecule has 5 heterocycles. The van der Waals surface area contributed by atoms with Crippen molar-refractivity contribution in [1.29, 1.82) is 0 Å². The van der Waals surface area contributed by atoms with Crippen molar-refractivity contribution in [3.05, 3.63) is 119 Å². The number of halogens is 2. The van der Waals surface area contributed by atoms with Crippen molar-refractivity contribution >= 4 is 34.7 Å². The third-order valence-corrected chi connectivity index (χ3v) is 8.42. The van der Waals surface area contributed by atoms with Crippen LogP contribution in [0.15, 0.2) is 91.4 Å². The minimum absolute atomic E-state index is 0.0482. The molecular formula is C32H25ClFN5O3. The zero-order chi connectivity index (χ0) is 28.8. The second kappa shape index (κ2) is 10.3. The number of carbonyl (C=O) groups excluding carboxylic acids is 2. The maximum atomic E-state index is 14.0. The van der Waals surface area contributed by atoms with Crippen molar-refractivity contribution in [2.45, 2.75) is 18.3 Å². The molecule has 1 spiro atoms. The van der Waals surface area contributed by atoms with E-state index in [2.05, 4.69) is 16.0 Å². The lowest BCUT2D eigenvalue weighted by atomic mass is 9.74. The van der Waals surface area contributed by atoms with Gasteiger partial charge >= 0.3 is 0 Å². The van der Waals surface area contributed by atoms with Crippen LogP contribution in [0.5, 0.6) is 11.6 Å². The highest BCUT2D eigenvalue weighted by Gasteiger charge is 2.47. The standard InChI is InChI=1S/C32H25ClFN5O3/c33-22-7-12-29(36-17-22)42-24-9-5-21(6-10-24)30(40)37-15-13-32(14-16-37)20-39(26-4-2-1-3-25(26)32)31(41)27-18-35-28-11-8-23(34)19-38(27)28/h1-12,17-19H,13-16,20H2. The molecule has 0 aliphatic carbocycles. The van der Waals surface area contributed by atoms with Crippen LogP contribution in [0.25, 0.3) is 5.65 Å². The topological polar surface area (TPSA) is 80.0 Å². The number of aromatic nitrogens is 3. The van der Waals surface area contributed by atoms with Crippen molar-refractivity contribution in [1.82, 2.24) is 19.3 Å². The Labute approximate surface area is 245 Å². The molecule has 2 aliphatic rings. The Kier molecular flexibility index (Phi) is 6.39. The molecule has 1 saturated heterocycles. The maximum Gasteiger partial charge on any atom is 0.276 e. The number of likely N-dealkylation sites (tertiary alicyclic amines) is 1. The second-order valence-corrected chi connectivity index (χ2v) is 11.1. The van der Waals surface area contributed by atoms with Gasteiger partial charge in [0.05, 0.1) is 11.2 Å². The van der Waals surface area contributed by atoms with Crippen LogP contribution in [-0.4, -0.2) is 50.7 Å². The zero-order valence-corrected chi connectivity index (χ0v) is 23.2. The first kappa shape index (κ1) is 26.2. The van der Waals surface area contributed by atoms with Crippen molar-refractivity contribution in [3.63, 3.8) is 0 Å². The quantitative estimate of drug-likeness (QED) is 0.254. The first-order valence-electron chi connectivity index (χ1n) is 13.6. The van der Waals surface area contributed by atoms with Crippen LogP contribution in [0.2, 0.25) is 5.02 Å². The van der Waals surface area contributed by atoms with Crippen molar-refractivity contribution < 1.29 is 18.7 Å². The van der Waals surface area contributed by atoms with E-state index in [4.69, 9.17) is 16.3 Å². The largest absolute Gasteiger partial charge is 0.439 e. The van der Waals surface area contributed by atoms with Gasteiger partial charge in [0.1, 0.15) is 22.9 Å². The van der Waals surface area contributed by atoms with E-state index in [1.807, 2.05) is 23.1 Å². The first-order valence-corrected chi connectivity index (χ1v) is 14.0. The van der Waals surface area contributed by atoms with Crippen LogP contribution in [0.1, 0.15) is 39.3 Å². The summed E-state index contributed by atoms with van der Waals surface area (Å²) in [4.78, 5) is 39.2. The number of amides is 2. The van der Waals surface area contributed by atoms with E-state index in [9.17, 15) is 14.0 Å². The summed E-state index contributed by atoms with van der Waals surface area (Å²) in [6.07, 6.45) is 5.71. The normalized spacial score (nSPS) is 15.7. The summed E-state index contributed by atoms with van der Waals surface area (Å²) in [5.41, 5.74) is 3.06. The van der Waals surface area contributed by atoms with E-state index >= 15 is 0 Å². The molecule has 1 fully saturated rings. The van der Waals surface area contributed by atoms with Crippen LogP contribution in [0.4, 0.5) is 10.1 Å². The SMILES string of the molecule is O=C(c1ccc(Oc2ccc(Cl)cn2)cc1)N1CCC2(CC1)CN(C(=O)c1cnc3ccc(F)cn13)c1ccccc12. The average molecular weight is 582 g/mol. The van der Waals surface area contributed by atoms with Gasteiger partial charge in [-0.05, 0) is 66.9 Å². The number of para-hydroxylation sites is 1. The minimum atomic E-state index is -0.439. The summed E-state index contributed by atoms with van der Waals surface area (Å²) in [6.45, 7) is 1.60. The van der Waals surface area contributed by atoms with Crippen LogP contribution in [0, 0.1) is 5.82 Å². The van der Waals surface area contributed by atoms with Crippen LogP contribution >= 0.6 is 11.6 Å². The third-order valence-electron chi connectivity index (χ3n) is 8.19. The monoisotopic (exact) mass is 581 g/mol. The Morgan fingerprint density at radius 2 is 1.67 bits per heavy atom. The summed E-state index contributed by atoms with van der Waals surface area (Å²) < 4.78 is 21.2. The van der Waals surface area contributed by atoms with Crippen LogP contribution in [-0.2, 0) is 5.41 Å². The molecule has 0 unspecified atom stereocenters. The number of piperidine rings is 1. The lowest BCUT2D eigenvalue weighted by Crippen LogP contribution is -2.48. The molecule has 0 bridgehead atoms. The number of nitrogens with zero attached hydrogens (tertiary/aromatic N) is 5. The molecule has 5 aromatic rings. The van der Waals surface area contributed by atoms with Crippen molar-refractivity contribution in [2.24, 2.45) is 0 Å². The molecule has 0 radical (unpaired) electrons. The zero-order valence-electron chi connectivity index (χ0n) is 22.4. The van der Waals surface area contributed by atoms with Gasteiger partial charge in [0.2, 0.25) is 5.88 Å². The third kappa shape index (κ3) is 4.55. The van der Waals surface area contributed by atoms with E-state index in [0.717, 1.165) is 11.3 Å². The Morgan fingerprint density at radius 3 is 2.43 bits per heavy atom. The first-order chi connectivity index (χ1) is 20.4. The number of carbonyl (C=O) groups is 2. The number of rotatable bonds is 4. The highest BCUT2D eigenvalue weighted by molar-refractivity contribution is 6.30. The molecule has 7 rings (SSSR count). The number of hydrogen-bond acceptors (Lipinski definition) is 5. The van der Waals surface area contributed by atoms with Gasteiger partial charge in [-0.15, -0.1) is 0 Å². The Morgan fingerprint density at radius 1 is 0.881 bits per heavy atom. The van der Waals surface area contributed by atoms with Gasteiger partial charge in [-0.2, -0.15) is 0 Å². The predicted molar refractivity (Wildman–Crippen MR) is 156 cm³/mol. The fraction of sp³-hybridized carbons (Fsp3) is 0.188. The molecule has 0 saturated carbocycles. The van der Waals surface area contributed by atoms with Crippen LogP contribution in [0.3, 0.4) is 0 Å². The highest BCUT2D eigenvalue weighted by atomic mass is 35.5. The Bertz CT molecular complexity index is 1810. The fourth-order valence-electron chi connectivity index (χ4n) is 6.02. The maximum absolute atomic E-state index is 14.0. The average Bonchev–Trinajstić information content (AvgIpc) is 3.58. The predicted octanol–water partition coefficient (Wildman–Crippen LogP) is 6.15. The molecule has 42 heavy (non-hydrogen) atoms. The molecule has 2 aromatic carbocycles. The second-order valence-electron chi connectivity index (χ2n) is 10.6. The molecule has 10 heteroatoms. The molecule has 210 valence electrons. The summed E-state index contributed by atoms with van der Waals surface area (Å²) in [7, 11) is 0. The van der Waals surface area contributed by atoms with E-state index in [-0.39, 0.29) is 17.2 Å². The lowest BCUT2D eigenvalue weighted by molar-refractivity contribution is 0.0670. The van der Waals surface area contributed by atoms with E-state index < -0.39 is 5.82 Å². The lowest BCUT2D eigenvalue weighted by Gasteiger charge is -2.40. The number of imidazole rings is 1. The molecule has 2 aliphatic heterocycles. The minimum Gasteiger partial charge on any atom is -0.439 e. The van der Waals surface area contributed by atoms with Gasteiger partial charge < -0.3 is 14.5 Å². The molecule has 0 atom stereocenters.